The van der Waals surface area contributed by atoms with E-state index in [9.17, 15) is 21.6 Å². The number of benzene rings is 1. The molecule has 0 spiro atoms. The van der Waals surface area contributed by atoms with Crippen molar-refractivity contribution < 1.29 is 21.6 Å². The Hall–Kier alpha value is -0.310. The van der Waals surface area contributed by atoms with E-state index >= 15 is 0 Å². The van der Waals surface area contributed by atoms with Gasteiger partial charge in [-0.1, -0.05) is 33.6 Å². The third kappa shape index (κ3) is 4.58. The van der Waals surface area contributed by atoms with Gasteiger partial charge in [0, 0.05) is 9.50 Å². The minimum atomic E-state index is -4.64. The Morgan fingerprint density at radius 3 is 2.24 bits per heavy atom. The van der Waals surface area contributed by atoms with Crippen LogP contribution in [0.25, 0.3) is 0 Å². The number of alkyl halides is 3. The monoisotopic (exact) mass is 407 g/mol. The van der Waals surface area contributed by atoms with Crippen LogP contribution in [0.1, 0.15) is 31.7 Å². The van der Waals surface area contributed by atoms with E-state index < -0.39 is 33.3 Å². The third-order valence-electron chi connectivity index (χ3n) is 3.20. The first-order chi connectivity index (χ1) is 9.25. The molecule has 0 bridgehead atoms. The lowest BCUT2D eigenvalue weighted by atomic mass is 9.89. The zero-order valence-corrected chi connectivity index (χ0v) is 14.4. The highest BCUT2D eigenvalue weighted by Gasteiger charge is 2.47. The summed E-state index contributed by atoms with van der Waals surface area (Å²) in [4.78, 5) is 0. The molecule has 3 nitrogen and oxygen atoms in total. The van der Waals surface area contributed by atoms with Crippen LogP contribution in [-0.2, 0) is 10.0 Å². The minimum Gasteiger partial charge on any atom is -0.228 e. The Bertz CT molecular complexity index is 632. The molecule has 0 aliphatic heterocycles. The summed E-state index contributed by atoms with van der Waals surface area (Å²) < 4.78 is 61.6. The van der Waals surface area contributed by atoms with Crippen molar-refractivity contribution in [2.75, 3.05) is 0 Å². The van der Waals surface area contributed by atoms with Crippen LogP contribution in [0.5, 0.6) is 0 Å². The molecule has 1 rings (SSSR count). The smallest absolute Gasteiger partial charge is 0.228 e. The van der Waals surface area contributed by atoms with Crippen molar-refractivity contribution in [2.45, 2.75) is 37.1 Å². The second-order valence-corrected chi connectivity index (χ2v) is 8.79. The summed E-state index contributed by atoms with van der Waals surface area (Å²) in [5, 5.41) is 4.92. The Morgan fingerprint density at radius 2 is 1.86 bits per heavy atom. The van der Waals surface area contributed by atoms with Crippen LogP contribution in [0.4, 0.5) is 13.2 Å². The molecule has 21 heavy (non-hydrogen) atoms. The van der Waals surface area contributed by atoms with Gasteiger partial charge in [0.1, 0.15) is 0 Å². The summed E-state index contributed by atoms with van der Waals surface area (Å²) in [6.45, 7) is 2.32. The molecule has 0 saturated heterocycles. The van der Waals surface area contributed by atoms with Gasteiger partial charge in [0.25, 0.3) is 0 Å². The van der Waals surface area contributed by atoms with Crippen molar-refractivity contribution in [3.8, 4) is 0 Å². The van der Waals surface area contributed by atoms with Crippen LogP contribution in [-0.4, -0.2) is 19.3 Å². The third-order valence-corrected chi connectivity index (χ3v) is 5.73. The van der Waals surface area contributed by atoms with Gasteiger partial charge in [-0.3, -0.25) is 0 Å². The maximum atomic E-state index is 13.3. The van der Waals surface area contributed by atoms with Crippen molar-refractivity contribution in [1.29, 1.82) is 0 Å². The van der Waals surface area contributed by atoms with Crippen molar-refractivity contribution in [3.05, 3.63) is 33.3 Å². The average Bonchev–Trinajstić information content (AvgIpc) is 2.23. The van der Waals surface area contributed by atoms with Gasteiger partial charge in [-0.2, -0.15) is 13.2 Å². The average molecular weight is 409 g/mol. The first-order valence-corrected chi connectivity index (χ1v) is 8.51. The second kappa shape index (κ2) is 6.06. The zero-order valence-electron chi connectivity index (χ0n) is 11.2. The molecule has 0 radical (unpaired) electrons. The van der Waals surface area contributed by atoms with E-state index in [-0.39, 0.29) is 10.6 Å². The molecule has 0 heterocycles. The van der Waals surface area contributed by atoms with Gasteiger partial charge in [-0.15, -0.1) is 0 Å². The van der Waals surface area contributed by atoms with Gasteiger partial charge in [0.05, 0.1) is 10.7 Å². The molecule has 9 heteroatoms. The summed E-state index contributed by atoms with van der Waals surface area (Å²) in [5.41, 5.74) is -0.177. The number of rotatable bonds is 4. The molecule has 0 fully saturated rings. The maximum Gasteiger partial charge on any atom is 0.395 e. The molecular formula is C12H14BrClF3NO2S. The van der Waals surface area contributed by atoms with Gasteiger partial charge in [-0.05, 0) is 38.0 Å². The molecular weight excluding hydrogens is 395 g/mol. The predicted octanol–water partition coefficient (Wildman–Crippen LogP) is 4.21. The summed E-state index contributed by atoms with van der Waals surface area (Å²) in [5.74, 6) is -2.02. The van der Waals surface area contributed by atoms with Gasteiger partial charge in [0.15, 0.2) is 0 Å². The van der Waals surface area contributed by atoms with Gasteiger partial charge in [-0.25, -0.2) is 13.6 Å². The minimum absolute atomic E-state index is 0.0862. The molecule has 120 valence electrons. The van der Waals surface area contributed by atoms with Crippen LogP contribution in [0.2, 0.25) is 5.02 Å². The number of hydrogen-bond acceptors (Lipinski definition) is 2. The molecule has 1 aromatic rings. The molecule has 0 aliphatic carbocycles. The lowest BCUT2D eigenvalue weighted by molar-refractivity contribution is -0.153. The number of primary sulfonamides is 1. The van der Waals surface area contributed by atoms with Crippen LogP contribution in [0.15, 0.2) is 22.7 Å². The van der Waals surface area contributed by atoms with Crippen molar-refractivity contribution in [2.24, 2.45) is 5.14 Å². The molecule has 1 atom stereocenters. The van der Waals surface area contributed by atoms with Crippen LogP contribution in [0, 0.1) is 0 Å². The normalized spacial score (nSPS) is 15.0. The maximum absolute atomic E-state index is 13.3. The SMILES string of the molecule is CC(C)(C[C@@H](c1ccc(Br)cc1Cl)C(F)(F)F)S(N)(=O)=O. The quantitative estimate of drug-likeness (QED) is 0.811. The van der Waals surface area contributed by atoms with E-state index in [1.54, 1.807) is 0 Å². The first kappa shape index (κ1) is 18.7. The topological polar surface area (TPSA) is 60.2 Å². The van der Waals surface area contributed by atoms with E-state index in [1.807, 2.05) is 0 Å². The lowest BCUT2D eigenvalue weighted by Crippen LogP contribution is -2.41. The molecule has 1 aromatic carbocycles. The zero-order chi connectivity index (χ0) is 16.6. The summed E-state index contributed by atoms with van der Waals surface area (Å²) in [7, 11) is -4.14. The van der Waals surface area contributed by atoms with Crippen molar-refractivity contribution >= 4 is 37.6 Å². The Morgan fingerprint density at radius 1 is 1.33 bits per heavy atom. The highest BCUT2D eigenvalue weighted by atomic mass is 79.9. The van der Waals surface area contributed by atoms with Gasteiger partial charge < -0.3 is 0 Å². The van der Waals surface area contributed by atoms with Crippen LogP contribution in [0.3, 0.4) is 0 Å². The van der Waals surface area contributed by atoms with E-state index in [4.69, 9.17) is 16.7 Å². The molecule has 2 N–H and O–H groups in total. The van der Waals surface area contributed by atoms with Crippen LogP contribution < -0.4 is 5.14 Å². The second-order valence-electron chi connectivity index (χ2n) is 5.27. The summed E-state index contributed by atoms with van der Waals surface area (Å²) >= 11 is 8.97. The highest BCUT2D eigenvalue weighted by Crippen LogP contribution is 2.44. The lowest BCUT2D eigenvalue weighted by Gasteiger charge is -2.30. The fraction of sp³-hybridized carbons (Fsp3) is 0.500. The Balaban J connectivity index is 3.33. The van der Waals surface area contributed by atoms with E-state index in [0.29, 0.717) is 4.47 Å². The van der Waals surface area contributed by atoms with E-state index in [2.05, 4.69) is 15.9 Å². The van der Waals surface area contributed by atoms with Crippen LogP contribution >= 0.6 is 27.5 Å². The molecule has 0 amide bonds. The number of sulfonamides is 1. The van der Waals surface area contributed by atoms with Gasteiger partial charge in [0.2, 0.25) is 10.0 Å². The number of halogens is 5. The molecule has 0 aliphatic rings. The summed E-state index contributed by atoms with van der Waals surface area (Å²) in [6.07, 6.45) is -5.35. The molecule has 0 unspecified atom stereocenters. The highest BCUT2D eigenvalue weighted by molar-refractivity contribution is 9.10. The standard InChI is InChI=1S/C12H14BrClF3NO2S/c1-11(2,21(18,19)20)6-9(12(15,16)17)8-4-3-7(13)5-10(8)14/h3-5,9H,6H2,1-2H3,(H2,18,19,20)/t9-/m0/s1. The first-order valence-electron chi connectivity index (χ1n) is 5.80. The fourth-order valence-corrected chi connectivity index (χ4v) is 3.00. The Kier molecular flexibility index (Phi) is 5.41. The van der Waals surface area contributed by atoms with E-state index in [0.717, 1.165) is 13.8 Å². The molecule has 0 aromatic heterocycles. The Labute approximate surface area is 134 Å². The fourth-order valence-electron chi connectivity index (χ4n) is 1.79. The predicted molar refractivity (Wildman–Crippen MR) is 79.8 cm³/mol. The van der Waals surface area contributed by atoms with Gasteiger partial charge >= 0.3 is 6.18 Å². The molecule has 0 saturated carbocycles. The van der Waals surface area contributed by atoms with Crippen molar-refractivity contribution in [1.82, 2.24) is 0 Å². The van der Waals surface area contributed by atoms with E-state index in [1.165, 1.54) is 18.2 Å². The largest absolute Gasteiger partial charge is 0.395 e. The number of hydrogen-bond donors (Lipinski definition) is 1. The number of nitrogens with two attached hydrogens (primary N) is 1. The van der Waals surface area contributed by atoms with Crippen molar-refractivity contribution in [3.63, 3.8) is 0 Å². The summed E-state index contributed by atoms with van der Waals surface area (Å²) in [6, 6.07) is 3.98.